The fraction of sp³-hybridized carbons (Fsp3) is 0.375. The molecule has 0 amide bonds. The van der Waals surface area contributed by atoms with Crippen LogP contribution in [-0.2, 0) is 0 Å². The second-order valence-electron chi connectivity index (χ2n) is 5.31. The molecule has 0 spiro atoms. The maximum atomic E-state index is 5.75. The zero-order chi connectivity index (χ0) is 13.2. The highest BCUT2D eigenvalue weighted by Crippen LogP contribution is 2.35. The summed E-state index contributed by atoms with van der Waals surface area (Å²) in [5.41, 5.74) is 1.28. The van der Waals surface area contributed by atoms with Crippen LogP contribution in [0.4, 0.5) is 0 Å². The summed E-state index contributed by atoms with van der Waals surface area (Å²) >= 11 is 1.82. The quantitative estimate of drug-likeness (QED) is 0.902. The molecule has 2 aromatic rings. The molecule has 2 nitrogen and oxygen atoms in total. The van der Waals surface area contributed by atoms with Crippen LogP contribution in [0.25, 0.3) is 0 Å². The fourth-order valence-corrected chi connectivity index (χ4v) is 3.55. The molecule has 2 atom stereocenters. The smallest absolute Gasteiger partial charge is 0.124 e. The summed E-state index contributed by atoms with van der Waals surface area (Å²) in [6.07, 6.45) is 0. The number of thiophene rings is 1. The lowest BCUT2D eigenvalue weighted by Gasteiger charge is -2.25. The van der Waals surface area contributed by atoms with E-state index >= 15 is 0 Å². The second kappa shape index (κ2) is 5.35. The van der Waals surface area contributed by atoms with Gasteiger partial charge in [0.15, 0.2) is 0 Å². The van der Waals surface area contributed by atoms with Crippen molar-refractivity contribution < 1.29 is 4.74 Å². The van der Waals surface area contributed by atoms with Crippen molar-refractivity contribution in [3.63, 3.8) is 0 Å². The summed E-state index contributed by atoms with van der Waals surface area (Å²) in [5.74, 6) is 1.58. The zero-order valence-electron chi connectivity index (χ0n) is 11.3. The first-order valence-electron chi connectivity index (χ1n) is 6.77. The maximum absolute atomic E-state index is 5.75. The van der Waals surface area contributed by atoms with E-state index in [2.05, 4.69) is 48.8 Å². The van der Waals surface area contributed by atoms with E-state index in [1.165, 1.54) is 10.4 Å². The van der Waals surface area contributed by atoms with Gasteiger partial charge in [-0.1, -0.05) is 38.1 Å². The molecule has 1 aliphatic heterocycles. The van der Waals surface area contributed by atoms with E-state index in [-0.39, 0.29) is 0 Å². The van der Waals surface area contributed by atoms with E-state index in [1.807, 2.05) is 23.5 Å². The number of rotatable bonds is 4. The Kier molecular flexibility index (Phi) is 3.58. The van der Waals surface area contributed by atoms with Gasteiger partial charge in [-0.25, -0.2) is 0 Å². The molecule has 100 valence electrons. The number of fused-ring (bicyclic) bond motifs is 1. The van der Waals surface area contributed by atoms with Gasteiger partial charge in [-0.3, -0.25) is 5.32 Å². The highest BCUT2D eigenvalue weighted by Gasteiger charge is 2.28. The number of nitrogens with one attached hydrogen (secondary N) is 1. The van der Waals surface area contributed by atoms with Gasteiger partial charge in [-0.05, 0) is 23.4 Å². The highest BCUT2D eigenvalue weighted by molar-refractivity contribution is 7.10. The highest BCUT2D eigenvalue weighted by atomic mass is 32.1. The summed E-state index contributed by atoms with van der Waals surface area (Å²) in [6, 6.07) is 13.3. The Hall–Kier alpha value is -1.32. The third kappa shape index (κ3) is 2.53. The lowest BCUT2D eigenvalue weighted by atomic mass is 10.00. The van der Waals surface area contributed by atoms with Crippen LogP contribution < -0.4 is 10.1 Å². The van der Waals surface area contributed by atoms with E-state index in [4.69, 9.17) is 4.74 Å². The van der Waals surface area contributed by atoms with E-state index in [0.717, 1.165) is 12.4 Å². The van der Waals surface area contributed by atoms with Crippen LogP contribution in [0, 0.1) is 5.92 Å². The first-order chi connectivity index (χ1) is 9.25. The van der Waals surface area contributed by atoms with Crippen LogP contribution in [0.2, 0.25) is 0 Å². The molecular weight excluding hydrogens is 254 g/mol. The minimum absolute atomic E-state index is 0.297. The van der Waals surface area contributed by atoms with Crippen molar-refractivity contribution >= 4 is 11.3 Å². The molecular formula is C16H19NOS. The van der Waals surface area contributed by atoms with Crippen molar-refractivity contribution in [3.05, 3.63) is 52.2 Å². The number of ether oxygens (including phenoxy) is 1. The largest absolute Gasteiger partial charge is 0.491 e. The van der Waals surface area contributed by atoms with Gasteiger partial charge in [0.2, 0.25) is 0 Å². The van der Waals surface area contributed by atoms with Crippen LogP contribution in [0.3, 0.4) is 0 Å². The van der Waals surface area contributed by atoms with Gasteiger partial charge in [-0.15, -0.1) is 11.3 Å². The average Bonchev–Trinajstić information content (AvgIpc) is 3.05. The van der Waals surface area contributed by atoms with Crippen LogP contribution in [0.5, 0.6) is 5.75 Å². The molecule has 2 heterocycles. The Labute approximate surface area is 118 Å². The Morgan fingerprint density at radius 1 is 1.21 bits per heavy atom. The Morgan fingerprint density at radius 2 is 2.05 bits per heavy atom. The number of benzene rings is 1. The SMILES string of the molecule is CC(C)C(NC1COc2ccccc21)c1cccs1. The average molecular weight is 273 g/mol. The van der Waals surface area contributed by atoms with Gasteiger partial charge in [0.05, 0.1) is 6.04 Å². The molecule has 0 bridgehead atoms. The molecule has 0 fully saturated rings. The van der Waals surface area contributed by atoms with Crippen molar-refractivity contribution in [1.82, 2.24) is 5.32 Å². The second-order valence-corrected chi connectivity index (χ2v) is 6.28. The van der Waals surface area contributed by atoms with E-state index in [0.29, 0.717) is 18.0 Å². The minimum Gasteiger partial charge on any atom is -0.491 e. The van der Waals surface area contributed by atoms with Gasteiger partial charge in [0.25, 0.3) is 0 Å². The molecule has 1 aromatic heterocycles. The van der Waals surface area contributed by atoms with Crippen LogP contribution >= 0.6 is 11.3 Å². The molecule has 1 aromatic carbocycles. The standard InChI is InChI=1S/C16H19NOS/c1-11(2)16(15-8-5-9-19-15)17-13-10-18-14-7-4-3-6-12(13)14/h3-9,11,13,16-17H,10H2,1-2H3. The maximum Gasteiger partial charge on any atom is 0.124 e. The summed E-state index contributed by atoms with van der Waals surface area (Å²) in [7, 11) is 0. The predicted molar refractivity (Wildman–Crippen MR) is 79.7 cm³/mol. The molecule has 1 N–H and O–H groups in total. The molecule has 1 aliphatic rings. The lowest BCUT2D eigenvalue weighted by molar-refractivity contribution is 0.281. The van der Waals surface area contributed by atoms with Crippen molar-refractivity contribution in [2.24, 2.45) is 5.92 Å². The Bertz CT molecular complexity index is 535. The van der Waals surface area contributed by atoms with Crippen LogP contribution in [0.15, 0.2) is 41.8 Å². The Morgan fingerprint density at radius 3 is 2.79 bits per heavy atom. The van der Waals surface area contributed by atoms with E-state index in [9.17, 15) is 0 Å². The molecule has 3 rings (SSSR count). The summed E-state index contributed by atoms with van der Waals surface area (Å²) in [6.45, 7) is 5.26. The van der Waals surface area contributed by atoms with Gasteiger partial charge in [0, 0.05) is 16.5 Å². The zero-order valence-corrected chi connectivity index (χ0v) is 12.1. The first kappa shape index (κ1) is 12.7. The summed E-state index contributed by atoms with van der Waals surface area (Å²) in [4.78, 5) is 1.40. The van der Waals surface area contributed by atoms with Gasteiger partial charge in [0.1, 0.15) is 12.4 Å². The molecule has 0 saturated carbocycles. The van der Waals surface area contributed by atoms with Crippen molar-refractivity contribution in [1.29, 1.82) is 0 Å². The predicted octanol–water partition coefficient (Wildman–Crippen LogP) is 4.17. The summed E-state index contributed by atoms with van der Waals surface area (Å²) in [5, 5.41) is 5.90. The topological polar surface area (TPSA) is 21.3 Å². The molecule has 0 radical (unpaired) electrons. The third-order valence-electron chi connectivity index (χ3n) is 3.60. The fourth-order valence-electron chi connectivity index (χ4n) is 2.59. The van der Waals surface area contributed by atoms with Gasteiger partial charge >= 0.3 is 0 Å². The van der Waals surface area contributed by atoms with E-state index in [1.54, 1.807) is 0 Å². The normalized spacial score (nSPS) is 19.2. The van der Waals surface area contributed by atoms with Crippen molar-refractivity contribution in [2.75, 3.05) is 6.61 Å². The van der Waals surface area contributed by atoms with Crippen molar-refractivity contribution in [2.45, 2.75) is 25.9 Å². The first-order valence-corrected chi connectivity index (χ1v) is 7.65. The monoisotopic (exact) mass is 273 g/mol. The van der Waals surface area contributed by atoms with Crippen molar-refractivity contribution in [3.8, 4) is 5.75 Å². The molecule has 2 unspecified atom stereocenters. The molecule has 0 saturated heterocycles. The molecule has 19 heavy (non-hydrogen) atoms. The van der Waals surface area contributed by atoms with Gasteiger partial charge < -0.3 is 4.74 Å². The number of para-hydroxylation sites is 1. The third-order valence-corrected chi connectivity index (χ3v) is 4.55. The lowest BCUT2D eigenvalue weighted by Crippen LogP contribution is -2.30. The minimum atomic E-state index is 0.297. The van der Waals surface area contributed by atoms with Crippen LogP contribution in [-0.4, -0.2) is 6.61 Å². The number of hydrogen-bond donors (Lipinski definition) is 1. The van der Waals surface area contributed by atoms with Crippen LogP contribution in [0.1, 0.15) is 36.4 Å². The number of hydrogen-bond acceptors (Lipinski definition) is 3. The molecule has 3 heteroatoms. The summed E-state index contributed by atoms with van der Waals surface area (Å²) < 4.78 is 5.75. The van der Waals surface area contributed by atoms with E-state index < -0.39 is 0 Å². The molecule has 0 aliphatic carbocycles. The Balaban J connectivity index is 1.81. The van der Waals surface area contributed by atoms with Gasteiger partial charge in [-0.2, -0.15) is 0 Å².